The highest BCUT2D eigenvalue weighted by molar-refractivity contribution is 7.80. The number of methoxy groups -OCH3 is 1. The molecule has 148 valence electrons. The molecular formula is C22H22N4O2S. The van der Waals surface area contributed by atoms with Crippen LogP contribution in [0.15, 0.2) is 58.8 Å². The van der Waals surface area contributed by atoms with Crippen molar-refractivity contribution >= 4 is 45.2 Å². The molecule has 1 aromatic heterocycles. The van der Waals surface area contributed by atoms with Gasteiger partial charge in [0, 0.05) is 16.6 Å². The molecule has 0 fully saturated rings. The zero-order valence-electron chi connectivity index (χ0n) is 16.7. The lowest BCUT2D eigenvalue weighted by Crippen LogP contribution is -2.26. The molecule has 7 heteroatoms. The Morgan fingerprint density at radius 1 is 1.21 bits per heavy atom. The zero-order valence-corrected chi connectivity index (χ0v) is 17.5. The molecule has 0 spiro atoms. The zero-order chi connectivity index (χ0) is 20.8. The van der Waals surface area contributed by atoms with Crippen LogP contribution in [0.1, 0.15) is 26.3 Å². The van der Waals surface area contributed by atoms with Gasteiger partial charge >= 0.3 is 0 Å². The van der Waals surface area contributed by atoms with Gasteiger partial charge < -0.3 is 19.7 Å². The Bertz CT molecular complexity index is 1180. The second-order valence-electron chi connectivity index (χ2n) is 7.56. The number of allylic oxidation sites excluding steroid dienone is 2. The molecule has 0 amide bonds. The number of nitrogens with zero attached hydrogens (tertiary/aromatic N) is 3. The van der Waals surface area contributed by atoms with E-state index in [2.05, 4.69) is 28.5 Å². The van der Waals surface area contributed by atoms with E-state index in [1.165, 1.54) is 0 Å². The first-order valence-corrected chi connectivity index (χ1v) is 9.66. The van der Waals surface area contributed by atoms with Crippen molar-refractivity contribution in [2.75, 3.05) is 12.4 Å². The summed E-state index contributed by atoms with van der Waals surface area (Å²) in [5.41, 5.74) is 3.81. The molecule has 6 nitrogen and oxygen atoms in total. The van der Waals surface area contributed by atoms with Crippen LogP contribution in [-0.2, 0) is 5.54 Å². The van der Waals surface area contributed by atoms with Gasteiger partial charge in [-0.25, -0.2) is 0 Å². The molecule has 0 unspecified atom stereocenters. The minimum absolute atomic E-state index is 0.0505. The normalized spacial score (nSPS) is 14.8. The standard InChI is InChI=1S/C22H22N4O2S/c1-13-12-22(2,3)26-19-16(13)10-15(28-4)11-17(19)18(20(26)27)24-25-21(29)23-14-8-6-5-7-9-14/h5-12,27H,1-4H3,(H,23,29). The van der Waals surface area contributed by atoms with E-state index in [0.29, 0.717) is 11.4 Å². The second kappa shape index (κ2) is 7.00. The summed E-state index contributed by atoms with van der Waals surface area (Å²) in [6.07, 6.45) is 2.12. The van der Waals surface area contributed by atoms with Crippen molar-refractivity contribution in [3.05, 3.63) is 54.1 Å². The van der Waals surface area contributed by atoms with Crippen molar-refractivity contribution in [2.45, 2.75) is 26.3 Å². The first kappa shape index (κ1) is 19.1. The van der Waals surface area contributed by atoms with E-state index in [9.17, 15) is 5.11 Å². The highest BCUT2D eigenvalue weighted by Crippen LogP contribution is 2.49. The quantitative estimate of drug-likeness (QED) is 0.414. The molecule has 1 aliphatic rings. The van der Waals surface area contributed by atoms with Crippen LogP contribution >= 0.6 is 12.2 Å². The van der Waals surface area contributed by atoms with Gasteiger partial charge in [-0.05, 0) is 62.8 Å². The Labute approximate surface area is 174 Å². The number of azo groups is 1. The first-order valence-electron chi connectivity index (χ1n) is 9.25. The predicted molar refractivity (Wildman–Crippen MR) is 120 cm³/mol. The van der Waals surface area contributed by atoms with Gasteiger partial charge in [-0.15, -0.1) is 10.2 Å². The molecule has 2 aromatic carbocycles. The Morgan fingerprint density at radius 2 is 1.93 bits per heavy atom. The lowest BCUT2D eigenvalue weighted by atomic mass is 9.92. The summed E-state index contributed by atoms with van der Waals surface area (Å²) < 4.78 is 7.35. The van der Waals surface area contributed by atoms with Gasteiger partial charge in [-0.2, -0.15) is 0 Å². The summed E-state index contributed by atoms with van der Waals surface area (Å²) >= 11 is 5.29. The summed E-state index contributed by atoms with van der Waals surface area (Å²) in [4.78, 5) is 0. The topological polar surface area (TPSA) is 71.1 Å². The lowest BCUT2D eigenvalue weighted by molar-refractivity contribution is 0.362. The fraction of sp³-hybridized carbons (Fsp3) is 0.227. The number of aromatic nitrogens is 1. The van der Waals surface area contributed by atoms with Crippen LogP contribution in [0.5, 0.6) is 11.6 Å². The minimum atomic E-state index is -0.412. The fourth-order valence-electron chi connectivity index (χ4n) is 3.88. The maximum absolute atomic E-state index is 11.0. The molecule has 1 aliphatic heterocycles. The number of rotatable bonds is 3. The Kier molecular flexibility index (Phi) is 4.62. The third kappa shape index (κ3) is 3.27. The van der Waals surface area contributed by atoms with Gasteiger partial charge in [-0.1, -0.05) is 24.3 Å². The molecule has 0 saturated heterocycles. The number of thiocarbonyl (C=S) groups is 1. The average Bonchev–Trinajstić information content (AvgIpc) is 2.97. The van der Waals surface area contributed by atoms with Gasteiger partial charge in [-0.3, -0.25) is 0 Å². The van der Waals surface area contributed by atoms with E-state index in [4.69, 9.17) is 17.0 Å². The first-order chi connectivity index (χ1) is 13.8. The highest BCUT2D eigenvalue weighted by Gasteiger charge is 2.32. The number of aromatic hydroxyl groups is 1. The lowest BCUT2D eigenvalue weighted by Gasteiger charge is -2.31. The Balaban J connectivity index is 1.82. The monoisotopic (exact) mass is 406 g/mol. The number of nitrogens with one attached hydrogen (secondary N) is 1. The van der Waals surface area contributed by atoms with E-state index >= 15 is 0 Å². The molecule has 3 aromatic rings. The van der Waals surface area contributed by atoms with Gasteiger partial charge in [0.1, 0.15) is 5.75 Å². The van der Waals surface area contributed by atoms with Gasteiger partial charge in [0.15, 0.2) is 5.69 Å². The number of anilines is 1. The van der Waals surface area contributed by atoms with Crippen molar-refractivity contribution in [1.29, 1.82) is 0 Å². The van der Waals surface area contributed by atoms with Crippen LogP contribution in [0.4, 0.5) is 11.4 Å². The highest BCUT2D eigenvalue weighted by atomic mass is 32.1. The van der Waals surface area contributed by atoms with Gasteiger partial charge in [0.25, 0.3) is 0 Å². The van der Waals surface area contributed by atoms with Crippen LogP contribution in [0.3, 0.4) is 0 Å². The molecule has 0 atom stereocenters. The van der Waals surface area contributed by atoms with Crippen LogP contribution < -0.4 is 10.1 Å². The smallest absolute Gasteiger partial charge is 0.221 e. The molecule has 0 bridgehead atoms. The van der Waals surface area contributed by atoms with Crippen molar-refractivity contribution < 1.29 is 9.84 Å². The van der Waals surface area contributed by atoms with Crippen LogP contribution in [0.2, 0.25) is 0 Å². The molecule has 2 heterocycles. The third-order valence-corrected chi connectivity index (χ3v) is 5.24. The summed E-state index contributed by atoms with van der Waals surface area (Å²) in [5, 5.41) is 23.5. The Hall–Kier alpha value is -3.19. The molecule has 0 aliphatic carbocycles. The second-order valence-corrected chi connectivity index (χ2v) is 7.94. The third-order valence-electron chi connectivity index (χ3n) is 5.06. The maximum atomic E-state index is 11.0. The minimum Gasteiger partial charge on any atom is -0.497 e. The van der Waals surface area contributed by atoms with Crippen molar-refractivity contribution in [3.63, 3.8) is 0 Å². The summed E-state index contributed by atoms with van der Waals surface area (Å²) in [5.74, 6) is 0.744. The molecule has 0 radical (unpaired) electrons. The van der Waals surface area contributed by atoms with E-state index < -0.39 is 5.54 Å². The van der Waals surface area contributed by atoms with E-state index in [1.807, 2.05) is 60.9 Å². The number of ether oxygens (including phenoxy) is 1. The number of para-hydroxylation sites is 1. The molecular weight excluding hydrogens is 384 g/mol. The number of benzene rings is 2. The van der Waals surface area contributed by atoms with Crippen LogP contribution in [-0.4, -0.2) is 21.9 Å². The summed E-state index contributed by atoms with van der Waals surface area (Å²) in [7, 11) is 1.62. The van der Waals surface area contributed by atoms with E-state index in [-0.39, 0.29) is 11.0 Å². The SMILES string of the molecule is COc1cc2c3c(c1)c(N=NC(=S)Nc1ccccc1)c(O)n3C(C)(C)C=C2C. The predicted octanol–water partition coefficient (Wildman–Crippen LogP) is 5.99. The van der Waals surface area contributed by atoms with E-state index in [1.54, 1.807) is 7.11 Å². The van der Waals surface area contributed by atoms with Crippen LogP contribution in [0.25, 0.3) is 16.5 Å². The van der Waals surface area contributed by atoms with Crippen molar-refractivity contribution in [1.82, 2.24) is 4.57 Å². The average molecular weight is 407 g/mol. The van der Waals surface area contributed by atoms with Gasteiger partial charge in [0.05, 0.1) is 18.2 Å². The molecule has 2 N–H and O–H groups in total. The fourth-order valence-corrected chi connectivity index (χ4v) is 4.04. The van der Waals surface area contributed by atoms with Gasteiger partial charge in [0.2, 0.25) is 11.0 Å². The van der Waals surface area contributed by atoms with Crippen LogP contribution in [0, 0.1) is 0 Å². The van der Waals surface area contributed by atoms with E-state index in [0.717, 1.165) is 27.7 Å². The van der Waals surface area contributed by atoms with Crippen molar-refractivity contribution in [3.8, 4) is 11.6 Å². The molecule has 29 heavy (non-hydrogen) atoms. The summed E-state index contributed by atoms with van der Waals surface area (Å²) in [6, 6.07) is 13.4. The number of hydrogen-bond donors (Lipinski definition) is 2. The maximum Gasteiger partial charge on any atom is 0.221 e. The van der Waals surface area contributed by atoms with Crippen molar-refractivity contribution in [2.24, 2.45) is 10.2 Å². The number of hydrogen-bond acceptors (Lipinski definition) is 4. The summed E-state index contributed by atoms with van der Waals surface area (Å²) in [6.45, 7) is 6.15. The molecule has 0 saturated carbocycles. The molecule has 4 rings (SSSR count). The Morgan fingerprint density at radius 3 is 2.62 bits per heavy atom. The largest absolute Gasteiger partial charge is 0.497 e.